The Morgan fingerprint density at radius 3 is 2.42 bits per heavy atom. The summed E-state index contributed by atoms with van der Waals surface area (Å²) in [6.45, 7) is 3.05. The van der Waals surface area contributed by atoms with Crippen LogP contribution in [-0.2, 0) is 5.33 Å². The summed E-state index contributed by atoms with van der Waals surface area (Å²) in [7, 11) is 0. The van der Waals surface area contributed by atoms with E-state index in [4.69, 9.17) is 16.3 Å². The number of hydrogen-bond donors (Lipinski definition) is 0. The molecule has 0 atom stereocenters. The first-order valence-corrected chi connectivity index (χ1v) is 8.75. The van der Waals surface area contributed by atoms with Crippen molar-refractivity contribution in [2.45, 2.75) is 57.2 Å². The minimum absolute atomic E-state index is 0.762. The van der Waals surface area contributed by atoms with Crippen molar-refractivity contribution in [2.75, 3.05) is 6.61 Å². The molecule has 3 heteroatoms. The molecule has 0 fully saturated rings. The van der Waals surface area contributed by atoms with Crippen LogP contribution in [0.25, 0.3) is 0 Å². The maximum Gasteiger partial charge on any atom is 0.123 e. The lowest BCUT2D eigenvalue weighted by Gasteiger charge is -2.10. The standard InChI is InChI=1S/C16H24BrClO/c1-2-3-4-5-6-7-8-11-19-16-10-9-15(18)12-14(16)13-17/h9-10,12H,2-8,11,13H2,1H3. The Kier molecular flexibility index (Phi) is 9.36. The van der Waals surface area contributed by atoms with Gasteiger partial charge in [0.05, 0.1) is 6.61 Å². The van der Waals surface area contributed by atoms with E-state index in [0.29, 0.717) is 0 Å². The number of alkyl halides is 1. The van der Waals surface area contributed by atoms with Gasteiger partial charge in [-0.3, -0.25) is 0 Å². The average molecular weight is 348 g/mol. The van der Waals surface area contributed by atoms with Crippen LogP contribution in [0.15, 0.2) is 18.2 Å². The van der Waals surface area contributed by atoms with E-state index in [2.05, 4.69) is 22.9 Å². The summed E-state index contributed by atoms with van der Waals surface area (Å²) in [5.74, 6) is 0.951. The second-order valence-corrected chi connectivity index (χ2v) is 5.85. The van der Waals surface area contributed by atoms with Crippen molar-refractivity contribution in [3.8, 4) is 5.75 Å². The molecule has 0 saturated carbocycles. The van der Waals surface area contributed by atoms with Crippen LogP contribution in [0.5, 0.6) is 5.75 Å². The Bertz CT molecular complexity index is 355. The minimum atomic E-state index is 0.762. The second-order valence-electron chi connectivity index (χ2n) is 4.86. The Labute approximate surface area is 130 Å². The Morgan fingerprint density at radius 2 is 1.74 bits per heavy atom. The van der Waals surface area contributed by atoms with Gasteiger partial charge in [-0.2, -0.15) is 0 Å². The van der Waals surface area contributed by atoms with Crippen LogP contribution in [0.1, 0.15) is 57.4 Å². The highest BCUT2D eigenvalue weighted by molar-refractivity contribution is 9.08. The van der Waals surface area contributed by atoms with Crippen LogP contribution in [0.4, 0.5) is 0 Å². The molecule has 108 valence electrons. The molecule has 1 nitrogen and oxygen atoms in total. The Balaban J connectivity index is 2.15. The van der Waals surface area contributed by atoms with Gasteiger partial charge >= 0.3 is 0 Å². The van der Waals surface area contributed by atoms with E-state index in [1.807, 2.05) is 18.2 Å². The summed E-state index contributed by atoms with van der Waals surface area (Å²) in [4.78, 5) is 0. The van der Waals surface area contributed by atoms with Gasteiger partial charge < -0.3 is 4.74 Å². The van der Waals surface area contributed by atoms with E-state index in [-0.39, 0.29) is 0 Å². The summed E-state index contributed by atoms with van der Waals surface area (Å²) < 4.78 is 5.82. The SMILES string of the molecule is CCCCCCCCCOc1ccc(Cl)cc1CBr. The van der Waals surface area contributed by atoms with E-state index in [1.165, 1.54) is 38.5 Å². The number of rotatable bonds is 10. The van der Waals surface area contributed by atoms with E-state index < -0.39 is 0 Å². The normalized spacial score (nSPS) is 10.7. The number of hydrogen-bond acceptors (Lipinski definition) is 1. The molecule has 0 aromatic heterocycles. The van der Waals surface area contributed by atoms with Gasteiger partial charge in [0.15, 0.2) is 0 Å². The van der Waals surface area contributed by atoms with Gasteiger partial charge in [-0.05, 0) is 24.6 Å². The predicted octanol–water partition coefficient (Wildman–Crippen LogP) is 6.36. The van der Waals surface area contributed by atoms with E-state index >= 15 is 0 Å². The maximum absolute atomic E-state index is 5.96. The van der Waals surface area contributed by atoms with Crippen LogP contribution in [0, 0.1) is 0 Å². The first-order chi connectivity index (χ1) is 9.27. The van der Waals surface area contributed by atoms with Crippen LogP contribution in [0.2, 0.25) is 5.02 Å². The predicted molar refractivity (Wildman–Crippen MR) is 87.6 cm³/mol. The van der Waals surface area contributed by atoms with Gasteiger partial charge in [0.1, 0.15) is 5.75 Å². The van der Waals surface area contributed by atoms with Gasteiger partial charge in [0.25, 0.3) is 0 Å². The highest BCUT2D eigenvalue weighted by Gasteiger charge is 2.03. The molecule has 0 aliphatic rings. The van der Waals surface area contributed by atoms with Gasteiger partial charge in [-0.25, -0.2) is 0 Å². The monoisotopic (exact) mass is 346 g/mol. The van der Waals surface area contributed by atoms with Crippen LogP contribution in [0.3, 0.4) is 0 Å². The maximum atomic E-state index is 5.96. The summed E-state index contributed by atoms with van der Waals surface area (Å²) in [5, 5.41) is 1.54. The zero-order valence-electron chi connectivity index (χ0n) is 11.8. The van der Waals surface area contributed by atoms with Crippen molar-refractivity contribution < 1.29 is 4.74 Å². The molecule has 1 aromatic rings. The number of unbranched alkanes of at least 4 members (excludes halogenated alkanes) is 6. The van der Waals surface area contributed by atoms with Crippen molar-refractivity contribution in [2.24, 2.45) is 0 Å². The topological polar surface area (TPSA) is 9.23 Å². The summed E-state index contributed by atoms with van der Waals surface area (Å²) >= 11 is 9.43. The molecule has 1 rings (SSSR count). The lowest BCUT2D eigenvalue weighted by Crippen LogP contribution is -1.99. The van der Waals surface area contributed by atoms with Crippen LogP contribution >= 0.6 is 27.5 Å². The molecule has 0 spiro atoms. The second kappa shape index (κ2) is 10.6. The average Bonchev–Trinajstić information content (AvgIpc) is 2.43. The smallest absolute Gasteiger partial charge is 0.123 e. The first kappa shape index (κ1) is 16.8. The molecule has 0 aliphatic heterocycles. The summed E-state index contributed by atoms with van der Waals surface area (Å²) in [5.41, 5.74) is 1.12. The fraction of sp³-hybridized carbons (Fsp3) is 0.625. The largest absolute Gasteiger partial charge is 0.493 e. The Morgan fingerprint density at radius 1 is 1.05 bits per heavy atom. The molecule has 0 radical (unpaired) electrons. The first-order valence-electron chi connectivity index (χ1n) is 7.25. The van der Waals surface area contributed by atoms with Crippen molar-refractivity contribution in [1.29, 1.82) is 0 Å². The van der Waals surface area contributed by atoms with Gasteiger partial charge in [-0.15, -0.1) is 0 Å². The fourth-order valence-corrected chi connectivity index (χ4v) is 2.67. The number of halogens is 2. The minimum Gasteiger partial charge on any atom is -0.493 e. The molecule has 0 saturated heterocycles. The number of benzene rings is 1. The highest BCUT2D eigenvalue weighted by Crippen LogP contribution is 2.25. The molecule has 0 aliphatic carbocycles. The molecular weight excluding hydrogens is 324 g/mol. The van der Waals surface area contributed by atoms with Gasteiger partial charge in [0, 0.05) is 15.9 Å². The lowest BCUT2D eigenvalue weighted by atomic mass is 10.1. The zero-order chi connectivity index (χ0) is 13.9. The summed E-state index contributed by atoms with van der Waals surface area (Å²) in [6, 6.07) is 5.80. The van der Waals surface area contributed by atoms with Crippen molar-refractivity contribution >= 4 is 27.5 Å². The zero-order valence-corrected chi connectivity index (χ0v) is 14.1. The van der Waals surface area contributed by atoms with Crippen LogP contribution < -0.4 is 4.74 Å². The van der Waals surface area contributed by atoms with Gasteiger partial charge in [0.2, 0.25) is 0 Å². The summed E-state index contributed by atoms with van der Waals surface area (Å²) in [6.07, 6.45) is 9.15. The van der Waals surface area contributed by atoms with Gasteiger partial charge in [-0.1, -0.05) is 73.0 Å². The highest BCUT2D eigenvalue weighted by atomic mass is 79.9. The molecule has 0 N–H and O–H groups in total. The quantitative estimate of drug-likeness (QED) is 0.353. The van der Waals surface area contributed by atoms with Crippen molar-refractivity contribution in [3.05, 3.63) is 28.8 Å². The van der Waals surface area contributed by atoms with Crippen molar-refractivity contribution in [1.82, 2.24) is 0 Å². The molecule has 0 amide bonds. The number of ether oxygens (including phenoxy) is 1. The third-order valence-electron chi connectivity index (χ3n) is 3.17. The van der Waals surface area contributed by atoms with Crippen molar-refractivity contribution in [3.63, 3.8) is 0 Å². The third kappa shape index (κ3) is 7.22. The molecule has 0 unspecified atom stereocenters. The van der Waals surface area contributed by atoms with E-state index in [9.17, 15) is 0 Å². The third-order valence-corrected chi connectivity index (χ3v) is 4.01. The Hall–Kier alpha value is -0.210. The van der Waals surface area contributed by atoms with Crippen LogP contribution in [-0.4, -0.2) is 6.61 Å². The molecule has 0 heterocycles. The molecule has 1 aromatic carbocycles. The fourth-order valence-electron chi connectivity index (χ4n) is 2.03. The van der Waals surface area contributed by atoms with E-state index in [0.717, 1.165) is 34.7 Å². The molecule has 0 bridgehead atoms. The molecule has 19 heavy (non-hydrogen) atoms. The molecular formula is C16H24BrClO. The lowest BCUT2D eigenvalue weighted by molar-refractivity contribution is 0.302. The van der Waals surface area contributed by atoms with E-state index in [1.54, 1.807) is 0 Å².